The average molecular weight is 384 g/mol. The lowest BCUT2D eigenvalue weighted by Gasteiger charge is -2.28. The molecule has 144 valence electrons. The Balaban J connectivity index is 0.00000338. The molecule has 0 saturated carbocycles. The van der Waals surface area contributed by atoms with Gasteiger partial charge in [0.1, 0.15) is 17.3 Å². The molecule has 26 heavy (non-hydrogen) atoms. The summed E-state index contributed by atoms with van der Waals surface area (Å²) < 4.78 is 15.6. The fraction of sp³-hybridized carbons (Fsp3) is 0.500. The Morgan fingerprint density at radius 2 is 1.96 bits per heavy atom. The number of hydrogen-bond acceptors (Lipinski definition) is 4. The first-order valence-electron chi connectivity index (χ1n) is 8.33. The normalized spacial score (nSPS) is 11.4. The van der Waals surface area contributed by atoms with Crippen LogP contribution in [0.3, 0.4) is 0 Å². The summed E-state index contributed by atoms with van der Waals surface area (Å²) in [6.07, 6.45) is 0. The Kier molecular flexibility index (Phi) is 7.29. The highest BCUT2D eigenvalue weighted by molar-refractivity contribution is 5.90. The molecule has 0 aliphatic rings. The van der Waals surface area contributed by atoms with Crippen LogP contribution < -0.4 is 5.73 Å². The predicted molar refractivity (Wildman–Crippen MR) is 102 cm³/mol. The molecule has 0 saturated heterocycles. The van der Waals surface area contributed by atoms with Crippen LogP contribution in [-0.2, 0) is 0 Å². The molecule has 0 atom stereocenters. The minimum absolute atomic E-state index is 0. The number of aromatic nitrogens is 3. The maximum absolute atomic E-state index is 14.2. The highest BCUT2D eigenvalue weighted by Crippen LogP contribution is 2.21. The molecule has 0 bridgehead atoms. The summed E-state index contributed by atoms with van der Waals surface area (Å²) in [5, 5.41) is 4.28. The predicted octanol–water partition coefficient (Wildman–Crippen LogP) is 3.01. The molecule has 1 aromatic carbocycles. The van der Waals surface area contributed by atoms with Crippen LogP contribution >= 0.6 is 12.4 Å². The van der Waals surface area contributed by atoms with Crippen molar-refractivity contribution >= 4 is 18.3 Å². The fourth-order valence-electron chi connectivity index (χ4n) is 2.54. The third-order valence-electron chi connectivity index (χ3n) is 3.98. The molecular weight excluding hydrogens is 357 g/mol. The van der Waals surface area contributed by atoms with Crippen molar-refractivity contribution in [3.05, 3.63) is 41.7 Å². The van der Waals surface area contributed by atoms with Crippen molar-refractivity contribution in [2.75, 3.05) is 20.1 Å². The summed E-state index contributed by atoms with van der Waals surface area (Å²) >= 11 is 0. The van der Waals surface area contributed by atoms with Gasteiger partial charge in [0.15, 0.2) is 0 Å². The molecule has 0 aliphatic heterocycles. The smallest absolute Gasteiger partial charge is 0.293 e. The van der Waals surface area contributed by atoms with Crippen molar-refractivity contribution in [3.63, 3.8) is 0 Å². The van der Waals surface area contributed by atoms with Crippen molar-refractivity contribution in [3.8, 4) is 5.69 Å². The van der Waals surface area contributed by atoms with Crippen molar-refractivity contribution < 1.29 is 9.18 Å². The molecule has 0 radical (unpaired) electrons. The van der Waals surface area contributed by atoms with E-state index in [9.17, 15) is 9.18 Å². The summed E-state index contributed by atoms with van der Waals surface area (Å²) in [5.41, 5.74) is 5.81. The van der Waals surface area contributed by atoms with Crippen LogP contribution in [0.5, 0.6) is 0 Å². The highest BCUT2D eigenvalue weighted by atomic mass is 35.5. The van der Waals surface area contributed by atoms with E-state index in [0.717, 1.165) is 0 Å². The van der Waals surface area contributed by atoms with E-state index in [-0.39, 0.29) is 41.2 Å². The maximum atomic E-state index is 14.2. The Bertz CT molecular complexity index is 760. The molecule has 2 aromatic rings. The molecular formula is C18H27ClFN5O. The van der Waals surface area contributed by atoms with Gasteiger partial charge in [-0.1, -0.05) is 39.8 Å². The van der Waals surface area contributed by atoms with E-state index < -0.39 is 5.82 Å². The lowest BCUT2D eigenvalue weighted by atomic mass is 9.93. The Morgan fingerprint density at radius 1 is 1.35 bits per heavy atom. The molecule has 0 aliphatic carbocycles. The van der Waals surface area contributed by atoms with Crippen molar-refractivity contribution in [2.45, 2.75) is 33.6 Å². The number of para-hydroxylation sites is 1. The topological polar surface area (TPSA) is 77.0 Å². The Morgan fingerprint density at radius 3 is 2.50 bits per heavy atom. The second kappa shape index (κ2) is 8.60. The maximum Gasteiger partial charge on any atom is 0.293 e. The number of halogens is 2. The largest absolute Gasteiger partial charge is 0.338 e. The summed E-state index contributed by atoms with van der Waals surface area (Å²) in [4.78, 5) is 18.6. The second-order valence-corrected chi connectivity index (χ2v) is 7.34. The number of hydrogen-bond donors (Lipinski definition) is 1. The first-order chi connectivity index (χ1) is 11.7. The molecule has 0 fully saturated rings. The number of carbonyl (C=O) groups excluding carboxylic acids is 1. The minimum atomic E-state index is -0.411. The zero-order chi connectivity index (χ0) is 18.8. The van der Waals surface area contributed by atoms with Crippen LogP contribution in [0.1, 0.15) is 50.1 Å². The molecule has 8 heteroatoms. The van der Waals surface area contributed by atoms with E-state index in [2.05, 4.69) is 10.1 Å². The molecule has 1 heterocycles. The zero-order valence-corrected chi connectivity index (χ0v) is 16.7. The van der Waals surface area contributed by atoms with E-state index in [1.165, 1.54) is 10.7 Å². The van der Waals surface area contributed by atoms with E-state index in [1.54, 1.807) is 30.1 Å². The fourth-order valence-corrected chi connectivity index (χ4v) is 2.54. The van der Waals surface area contributed by atoms with Gasteiger partial charge in [-0.05, 0) is 24.1 Å². The zero-order valence-electron chi connectivity index (χ0n) is 15.9. The third kappa shape index (κ3) is 4.80. The molecule has 1 aromatic heterocycles. The Hall–Kier alpha value is -1.99. The van der Waals surface area contributed by atoms with Crippen LogP contribution in [-0.4, -0.2) is 45.7 Å². The van der Waals surface area contributed by atoms with E-state index in [0.29, 0.717) is 18.9 Å². The average Bonchev–Trinajstić information content (AvgIpc) is 2.99. The van der Waals surface area contributed by atoms with Crippen LogP contribution in [0.15, 0.2) is 24.3 Å². The van der Waals surface area contributed by atoms with Crippen LogP contribution in [0, 0.1) is 11.2 Å². The summed E-state index contributed by atoms with van der Waals surface area (Å²) in [5.74, 6) is -0.133. The van der Waals surface area contributed by atoms with Gasteiger partial charge in [-0.2, -0.15) is 0 Å². The van der Waals surface area contributed by atoms with Crippen LogP contribution in [0.25, 0.3) is 5.69 Å². The standard InChI is InChI=1S/C18H26FN5O.ClH/c1-12(2)16-21-15(17(25)23(5)11-18(3,4)10-20)22-24(16)14-9-7-6-8-13(14)19;/h6-9,12H,10-11,20H2,1-5H3;1H. The van der Waals surface area contributed by atoms with Gasteiger partial charge in [0.2, 0.25) is 5.82 Å². The number of nitrogens with zero attached hydrogens (tertiary/aromatic N) is 4. The number of carbonyl (C=O) groups is 1. The first kappa shape index (κ1) is 22.1. The second-order valence-electron chi connectivity index (χ2n) is 7.34. The van der Waals surface area contributed by atoms with Gasteiger partial charge in [-0.25, -0.2) is 14.1 Å². The van der Waals surface area contributed by atoms with Gasteiger partial charge < -0.3 is 10.6 Å². The lowest BCUT2D eigenvalue weighted by Crippen LogP contribution is -2.40. The van der Waals surface area contributed by atoms with Crippen molar-refractivity contribution in [2.24, 2.45) is 11.1 Å². The number of benzene rings is 1. The highest BCUT2D eigenvalue weighted by Gasteiger charge is 2.26. The summed E-state index contributed by atoms with van der Waals surface area (Å²) in [7, 11) is 1.69. The van der Waals surface area contributed by atoms with Gasteiger partial charge >= 0.3 is 0 Å². The van der Waals surface area contributed by atoms with E-state index in [1.807, 2.05) is 27.7 Å². The van der Waals surface area contributed by atoms with Gasteiger partial charge in [0.25, 0.3) is 5.91 Å². The third-order valence-corrected chi connectivity index (χ3v) is 3.98. The number of rotatable bonds is 6. The molecule has 1 amide bonds. The van der Waals surface area contributed by atoms with E-state index in [4.69, 9.17) is 5.73 Å². The molecule has 0 spiro atoms. The van der Waals surface area contributed by atoms with Crippen LogP contribution in [0.2, 0.25) is 0 Å². The number of nitrogens with two attached hydrogens (primary N) is 1. The molecule has 0 unspecified atom stereocenters. The van der Waals surface area contributed by atoms with Crippen molar-refractivity contribution in [1.29, 1.82) is 0 Å². The summed E-state index contributed by atoms with van der Waals surface area (Å²) in [6, 6.07) is 6.31. The lowest BCUT2D eigenvalue weighted by molar-refractivity contribution is 0.0728. The van der Waals surface area contributed by atoms with Crippen LogP contribution in [0.4, 0.5) is 4.39 Å². The number of amides is 1. The molecule has 2 rings (SSSR count). The minimum Gasteiger partial charge on any atom is -0.338 e. The summed E-state index contributed by atoms with van der Waals surface area (Å²) in [6.45, 7) is 8.77. The molecule has 2 N–H and O–H groups in total. The van der Waals surface area contributed by atoms with Gasteiger partial charge in [-0.3, -0.25) is 4.79 Å². The van der Waals surface area contributed by atoms with Gasteiger partial charge in [-0.15, -0.1) is 17.5 Å². The quantitative estimate of drug-likeness (QED) is 0.831. The van der Waals surface area contributed by atoms with E-state index >= 15 is 0 Å². The van der Waals surface area contributed by atoms with Crippen molar-refractivity contribution in [1.82, 2.24) is 19.7 Å². The monoisotopic (exact) mass is 383 g/mol. The van der Waals surface area contributed by atoms with Gasteiger partial charge in [0.05, 0.1) is 0 Å². The first-order valence-corrected chi connectivity index (χ1v) is 8.33. The SMILES string of the molecule is CC(C)c1nc(C(=O)N(C)CC(C)(C)CN)nn1-c1ccccc1F.Cl. The Labute approximate surface area is 160 Å². The van der Waals surface area contributed by atoms with Gasteiger partial charge in [0, 0.05) is 19.5 Å². The molecule has 6 nitrogen and oxygen atoms in total.